The summed E-state index contributed by atoms with van der Waals surface area (Å²) in [6.45, 7) is 7.17. The monoisotopic (exact) mass is 354 g/mol. The van der Waals surface area contributed by atoms with Gasteiger partial charge in [-0.15, -0.1) is 0 Å². The Hall–Kier alpha value is -2.46. The number of carbonyl (C=O) groups excluding carboxylic acids is 1. The minimum absolute atomic E-state index is 0.0484. The molecule has 0 saturated heterocycles. The van der Waals surface area contributed by atoms with E-state index < -0.39 is 17.0 Å². The van der Waals surface area contributed by atoms with E-state index in [4.69, 9.17) is 5.11 Å². The molecule has 0 unspecified atom stereocenters. The molecule has 1 aromatic carbocycles. The van der Waals surface area contributed by atoms with Crippen LogP contribution < -0.4 is 0 Å². The van der Waals surface area contributed by atoms with Crippen LogP contribution in [0, 0.1) is 5.41 Å². The van der Waals surface area contributed by atoms with Gasteiger partial charge in [0, 0.05) is 29.9 Å². The van der Waals surface area contributed by atoms with Gasteiger partial charge in [-0.2, -0.15) is 0 Å². The molecule has 4 nitrogen and oxygen atoms in total. The molecule has 0 fully saturated rings. The number of hydrogen-bond acceptors (Lipinski definition) is 3. The number of carbonyl (C=O) groups is 2. The third-order valence-corrected chi connectivity index (χ3v) is 5.16. The van der Waals surface area contributed by atoms with Crippen molar-refractivity contribution in [2.45, 2.75) is 46.1 Å². The zero-order valence-corrected chi connectivity index (χ0v) is 15.7. The van der Waals surface area contributed by atoms with Gasteiger partial charge in [0.05, 0.1) is 0 Å². The van der Waals surface area contributed by atoms with Crippen LogP contribution in [0.5, 0.6) is 0 Å². The van der Waals surface area contributed by atoms with E-state index >= 15 is 0 Å². The van der Waals surface area contributed by atoms with Crippen molar-refractivity contribution in [3.05, 3.63) is 70.8 Å². The smallest absolute Gasteiger partial charge is 0.328 e. The first-order valence-electron chi connectivity index (χ1n) is 8.67. The lowest BCUT2D eigenvalue weighted by Crippen LogP contribution is -2.49. The van der Waals surface area contributed by atoms with Crippen LogP contribution >= 0.6 is 0 Å². The van der Waals surface area contributed by atoms with E-state index in [1.807, 2.05) is 44.2 Å². The maximum absolute atomic E-state index is 12.7. The lowest BCUT2D eigenvalue weighted by atomic mass is 9.62. The molecule has 1 atom stereocenters. The van der Waals surface area contributed by atoms with Crippen molar-refractivity contribution in [3.8, 4) is 0 Å². The lowest BCUT2D eigenvalue weighted by molar-refractivity contribution is -0.131. The summed E-state index contributed by atoms with van der Waals surface area (Å²) >= 11 is 0. The molecule has 0 radical (unpaired) electrons. The highest BCUT2D eigenvalue weighted by Crippen LogP contribution is 2.47. The van der Waals surface area contributed by atoms with Crippen LogP contribution in [0.15, 0.2) is 65.3 Å². The maximum Gasteiger partial charge on any atom is 0.328 e. The predicted octanol–water partition coefficient (Wildman–Crippen LogP) is 3.86. The van der Waals surface area contributed by atoms with Gasteiger partial charge < -0.3 is 10.2 Å². The van der Waals surface area contributed by atoms with Gasteiger partial charge in [-0.1, -0.05) is 50.3 Å². The van der Waals surface area contributed by atoms with E-state index in [-0.39, 0.29) is 12.2 Å². The number of aliphatic carboxylic acids is 1. The molecule has 2 N–H and O–H groups in total. The molecule has 0 amide bonds. The molecular weight excluding hydrogens is 328 g/mol. The minimum atomic E-state index is -1.32. The molecule has 1 aliphatic carbocycles. The van der Waals surface area contributed by atoms with Crippen molar-refractivity contribution in [1.29, 1.82) is 0 Å². The summed E-state index contributed by atoms with van der Waals surface area (Å²) in [4.78, 5) is 23.5. The van der Waals surface area contributed by atoms with Crippen molar-refractivity contribution >= 4 is 11.8 Å². The maximum atomic E-state index is 12.7. The number of Topliss-reactive ketones (excluding diaryl/α,β-unsaturated/α-hetero) is 1. The molecular formula is C22H26O4. The first kappa shape index (κ1) is 19.9. The second-order valence-corrected chi connectivity index (χ2v) is 7.58. The SMILES string of the molecule is CC(C=C[C@@]1(O)C(C)=C(Cc2ccccc2)C(=O)CC1(C)C)=CC(=O)O. The van der Waals surface area contributed by atoms with Gasteiger partial charge >= 0.3 is 5.97 Å². The van der Waals surface area contributed by atoms with Crippen LogP contribution in [0.1, 0.15) is 39.7 Å². The Labute approximate surface area is 154 Å². The normalized spacial score (nSPS) is 23.6. The molecule has 0 saturated carbocycles. The molecule has 0 aromatic heterocycles. The number of ketones is 1. The zero-order valence-electron chi connectivity index (χ0n) is 15.7. The van der Waals surface area contributed by atoms with Gasteiger partial charge in [-0.05, 0) is 36.6 Å². The van der Waals surface area contributed by atoms with E-state index in [9.17, 15) is 14.7 Å². The van der Waals surface area contributed by atoms with E-state index in [1.54, 1.807) is 26.0 Å². The second-order valence-electron chi connectivity index (χ2n) is 7.58. The first-order chi connectivity index (χ1) is 12.1. The van der Waals surface area contributed by atoms with Crippen molar-refractivity contribution in [3.63, 3.8) is 0 Å². The molecule has 138 valence electrons. The van der Waals surface area contributed by atoms with Gasteiger partial charge in [0.15, 0.2) is 5.78 Å². The highest BCUT2D eigenvalue weighted by molar-refractivity contribution is 5.98. The summed E-state index contributed by atoms with van der Waals surface area (Å²) in [6, 6.07) is 9.69. The average molecular weight is 354 g/mol. The molecule has 1 aromatic rings. The Kier molecular flexibility index (Phi) is 5.67. The number of benzene rings is 1. The third kappa shape index (κ3) is 4.02. The molecule has 4 heteroatoms. The quantitative estimate of drug-likeness (QED) is 0.622. The topological polar surface area (TPSA) is 74.6 Å². The number of carboxylic acid groups (broad SMARTS) is 1. The number of hydrogen-bond donors (Lipinski definition) is 2. The Balaban J connectivity index is 2.48. The highest BCUT2D eigenvalue weighted by atomic mass is 16.4. The van der Waals surface area contributed by atoms with Gasteiger partial charge in [-0.3, -0.25) is 4.79 Å². The number of allylic oxidation sites excluding steroid dienone is 3. The number of rotatable bonds is 5. The van der Waals surface area contributed by atoms with Crippen LogP contribution in [0.4, 0.5) is 0 Å². The summed E-state index contributed by atoms with van der Waals surface area (Å²) in [7, 11) is 0. The Morgan fingerprint density at radius 3 is 2.42 bits per heavy atom. The average Bonchev–Trinajstić information content (AvgIpc) is 2.55. The Morgan fingerprint density at radius 2 is 1.85 bits per heavy atom. The number of aliphatic hydroxyl groups is 1. The van der Waals surface area contributed by atoms with E-state index in [0.717, 1.165) is 11.6 Å². The van der Waals surface area contributed by atoms with Crippen LogP contribution in [-0.4, -0.2) is 27.6 Å². The molecule has 0 aliphatic heterocycles. The molecule has 0 heterocycles. The predicted molar refractivity (Wildman–Crippen MR) is 102 cm³/mol. The van der Waals surface area contributed by atoms with E-state index in [2.05, 4.69) is 0 Å². The van der Waals surface area contributed by atoms with Crippen molar-refractivity contribution in [1.82, 2.24) is 0 Å². The Morgan fingerprint density at radius 1 is 1.23 bits per heavy atom. The van der Waals surface area contributed by atoms with Crippen LogP contribution in [0.3, 0.4) is 0 Å². The Bertz CT molecular complexity index is 797. The summed E-state index contributed by atoms with van der Waals surface area (Å²) in [6.07, 6.45) is 5.02. The van der Waals surface area contributed by atoms with Crippen molar-refractivity contribution < 1.29 is 19.8 Å². The van der Waals surface area contributed by atoms with Crippen LogP contribution in [0.2, 0.25) is 0 Å². The van der Waals surface area contributed by atoms with Crippen LogP contribution in [0.25, 0.3) is 0 Å². The summed E-state index contributed by atoms with van der Waals surface area (Å²) in [5, 5.41) is 20.3. The molecule has 0 bridgehead atoms. The molecule has 1 aliphatic rings. The fourth-order valence-electron chi connectivity index (χ4n) is 3.47. The fourth-order valence-corrected chi connectivity index (χ4v) is 3.47. The van der Waals surface area contributed by atoms with Crippen molar-refractivity contribution in [2.75, 3.05) is 0 Å². The lowest BCUT2D eigenvalue weighted by Gasteiger charge is -2.45. The summed E-state index contributed by atoms with van der Waals surface area (Å²) in [5.41, 5.74) is 0.788. The van der Waals surface area contributed by atoms with E-state index in [0.29, 0.717) is 23.1 Å². The second kappa shape index (κ2) is 7.42. The first-order valence-corrected chi connectivity index (χ1v) is 8.67. The highest BCUT2D eigenvalue weighted by Gasteiger charge is 2.49. The summed E-state index contributed by atoms with van der Waals surface area (Å²) < 4.78 is 0. The van der Waals surface area contributed by atoms with Gasteiger partial charge in [0.1, 0.15) is 5.60 Å². The standard InChI is InChI=1S/C22H26O4/c1-15(12-20(24)25)10-11-22(26)16(2)18(19(23)14-21(22,3)4)13-17-8-6-5-7-9-17/h5-12,26H,13-14H2,1-4H3,(H,24,25)/t22-/m1/s1. The van der Waals surface area contributed by atoms with Crippen LogP contribution in [-0.2, 0) is 16.0 Å². The van der Waals surface area contributed by atoms with Gasteiger partial charge in [0.2, 0.25) is 0 Å². The largest absolute Gasteiger partial charge is 0.478 e. The van der Waals surface area contributed by atoms with E-state index in [1.165, 1.54) is 0 Å². The molecule has 2 rings (SSSR count). The van der Waals surface area contributed by atoms with Gasteiger partial charge in [-0.25, -0.2) is 4.79 Å². The van der Waals surface area contributed by atoms with Gasteiger partial charge in [0.25, 0.3) is 0 Å². The fraction of sp³-hybridized carbons (Fsp3) is 0.364. The summed E-state index contributed by atoms with van der Waals surface area (Å²) in [5.74, 6) is -0.985. The molecule has 26 heavy (non-hydrogen) atoms. The van der Waals surface area contributed by atoms with Crippen molar-refractivity contribution in [2.24, 2.45) is 5.41 Å². The minimum Gasteiger partial charge on any atom is -0.478 e. The third-order valence-electron chi connectivity index (χ3n) is 5.16. The molecule has 0 spiro atoms. The number of carboxylic acids is 1. The zero-order chi connectivity index (χ0) is 19.5.